The van der Waals surface area contributed by atoms with Gasteiger partial charge in [-0.25, -0.2) is 4.79 Å². The molecule has 1 fully saturated rings. The zero-order valence-corrected chi connectivity index (χ0v) is 18.7. The maximum absolute atomic E-state index is 11.9. The molecule has 0 aromatic rings. The van der Waals surface area contributed by atoms with Crippen molar-refractivity contribution in [2.24, 2.45) is 4.99 Å². The van der Waals surface area contributed by atoms with Gasteiger partial charge in [0.1, 0.15) is 0 Å². The molecular weight excluding hydrogens is 350 g/mol. The molecule has 1 heterocycles. The summed E-state index contributed by atoms with van der Waals surface area (Å²) in [6.07, 6.45) is 21.5. The predicted molar refractivity (Wildman–Crippen MR) is 118 cm³/mol. The first-order chi connectivity index (χ1) is 13.6. The first-order valence-corrected chi connectivity index (χ1v) is 11.7. The Morgan fingerprint density at radius 3 is 1.36 bits per heavy atom. The molecule has 1 rings (SSSR count). The second-order valence-corrected chi connectivity index (χ2v) is 8.21. The molecule has 5 nitrogen and oxygen atoms in total. The Morgan fingerprint density at radius 1 is 0.607 bits per heavy atom. The molecule has 0 aromatic heterocycles. The van der Waals surface area contributed by atoms with Gasteiger partial charge in [0.15, 0.2) is 5.84 Å². The van der Waals surface area contributed by atoms with Crippen molar-refractivity contribution in [2.75, 3.05) is 20.6 Å². The lowest BCUT2D eigenvalue weighted by Crippen LogP contribution is -2.27. The molecule has 0 spiro atoms. The molecule has 0 radical (unpaired) electrons. The molecule has 1 saturated heterocycles. The van der Waals surface area contributed by atoms with Gasteiger partial charge in [-0.1, -0.05) is 103 Å². The molecule has 162 valence electrons. The van der Waals surface area contributed by atoms with Crippen LogP contribution in [0.15, 0.2) is 4.99 Å². The van der Waals surface area contributed by atoms with Crippen molar-refractivity contribution in [1.82, 2.24) is 9.80 Å². The third-order valence-electron chi connectivity index (χ3n) is 5.66. The Hall–Kier alpha value is -1.39. The summed E-state index contributed by atoms with van der Waals surface area (Å²) in [7, 11) is 3.11. The summed E-state index contributed by atoms with van der Waals surface area (Å²) in [6.45, 7) is 2.91. The van der Waals surface area contributed by atoms with Crippen LogP contribution in [0.1, 0.15) is 110 Å². The minimum Gasteiger partial charge on any atom is -0.277 e. The Morgan fingerprint density at radius 2 is 1.00 bits per heavy atom. The van der Waals surface area contributed by atoms with Gasteiger partial charge in [-0.15, -0.1) is 0 Å². The fraction of sp³-hybridized carbons (Fsp3) is 0.870. The van der Waals surface area contributed by atoms with Crippen LogP contribution < -0.4 is 0 Å². The summed E-state index contributed by atoms with van der Waals surface area (Å²) in [5, 5.41) is 0. The Kier molecular flexibility index (Phi) is 13.7. The molecule has 3 amide bonds. The van der Waals surface area contributed by atoms with Crippen molar-refractivity contribution < 1.29 is 9.59 Å². The van der Waals surface area contributed by atoms with Gasteiger partial charge >= 0.3 is 6.03 Å². The molecule has 0 saturated carbocycles. The number of urea groups is 1. The smallest absolute Gasteiger partial charge is 0.277 e. The van der Waals surface area contributed by atoms with E-state index in [9.17, 15) is 9.59 Å². The largest absolute Gasteiger partial charge is 0.332 e. The van der Waals surface area contributed by atoms with Crippen LogP contribution in [0.2, 0.25) is 0 Å². The summed E-state index contributed by atoms with van der Waals surface area (Å²) in [5.74, 6) is -0.00236. The van der Waals surface area contributed by atoms with Gasteiger partial charge < -0.3 is 0 Å². The highest BCUT2D eigenvalue weighted by Crippen LogP contribution is 2.14. The fourth-order valence-corrected chi connectivity index (χ4v) is 3.71. The average molecular weight is 394 g/mol. The van der Waals surface area contributed by atoms with E-state index in [1.807, 2.05) is 0 Å². The molecule has 0 N–H and O–H groups in total. The van der Waals surface area contributed by atoms with Crippen LogP contribution in [0.25, 0.3) is 0 Å². The summed E-state index contributed by atoms with van der Waals surface area (Å²) in [4.78, 5) is 30.3. The van der Waals surface area contributed by atoms with Crippen LogP contribution in [0.5, 0.6) is 0 Å². The topological polar surface area (TPSA) is 53.0 Å². The Balaban J connectivity index is 1.85. The van der Waals surface area contributed by atoms with Gasteiger partial charge in [-0.05, 0) is 6.42 Å². The highest BCUT2D eigenvalue weighted by molar-refractivity contribution is 6.46. The van der Waals surface area contributed by atoms with Crippen LogP contribution in [0.4, 0.5) is 4.79 Å². The summed E-state index contributed by atoms with van der Waals surface area (Å²) in [5.41, 5.74) is 0. The van der Waals surface area contributed by atoms with E-state index in [0.29, 0.717) is 6.54 Å². The molecule has 0 bridgehead atoms. The number of likely N-dealkylation sites (N-methyl/N-ethyl adjacent to an activating group) is 2. The van der Waals surface area contributed by atoms with Crippen LogP contribution in [0.3, 0.4) is 0 Å². The number of amides is 3. The van der Waals surface area contributed by atoms with E-state index >= 15 is 0 Å². The van der Waals surface area contributed by atoms with E-state index in [0.717, 1.165) is 17.7 Å². The molecule has 5 heteroatoms. The molecule has 1 aliphatic heterocycles. The number of rotatable bonds is 17. The maximum Gasteiger partial charge on any atom is 0.332 e. The molecule has 0 unspecified atom stereocenters. The molecular formula is C23H43N3O2. The first-order valence-electron chi connectivity index (χ1n) is 11.7. The molecule has 28 heavy (non-hydrogen) atoms. The highest BCUT2D eigenvalue weighted by atomic mass is 16.2. The molecule has 0 aliphatic carbocycles. The number of hydrogen-bond acceptors (Lipinski definition) is 3. The van der Waals surface area contributed by atoms with Crippen LogP contribution in [-0.2, 0) is 4.79 Å². The molecule has 0 atom stereocenters. The highest BCUT2D eigenvalue weighted by Gasteiger charge is 2.37. The van der Waals surface area contributed by atoms with Crippen molar-refractivity contribution in [2.45, 2.75) is 110 Å². The molecule has 1 aliphatic rings. The van der Waals surface area contributed by atoms with Gasteiger partial charge in [-0.3, -0.25) is 19.6 Å². The van der Waals surface area contributed by atoms with E-state index in [2.05, 4.69) is 11.9 Å². The lowest BCUT2D eigenvalue weighted by Gasteiger charge is -2.06. The van der Waals surface area contributed by atoms with Gasteiger partial charge in [0, 0.05) is 20.6 Å². The summed E-state index contributed by atoms with van der Waals surface area (Å²) < 4.78 is 0. The van der Waals surface area contributed by atoms with Crippen molar-refractivity contribution in [3.63, 3.8) is 0 Å². The number of aliphatic imine (C=N–C) groups is 1. The number of hydrogen-bond donors (Lipinski definition) is 0. The summed E-state index contributed by atoms with van der Waals surface area (Å²) in [6, 6.07) is -0.296. The third kappa shape index (κ3) is 9.70. The van der Waals surface area contributed by atoms with Crippen LogP contribution >= 0.6 is 0 Å². The zero-order valence-electron chi connectivity index (χ0n) is 18.7. The maximum atomic E-state index is 11.9. The average Bonchev–Trinajstić information content (AvgIpc) is 2.87. The van der Waals surface area contributed by atoms with E-state index < -0.39 is 0 Å². The third-order valence-corrected chi connectivity index (χ3v) is 5.66. The minimum atomic E-state index is -0.296. The first kappa shape index (κ1) is 24.6. The minimum absolute atomic E-state index is 0.286. The molecule has 0 aromatic carbocycles. The standard InChI is InChI=1S/C23H43N3O2/c1-4-5-6-7-8-9-10-11-12-13-14-15-16-17-18-19-20-24-21-22(27)26(3)23(28)25(21)2/h4-20H2,1-3H3. The quantitative estimate of drug-likeness (QED) is 0.219. The normalized spacial score (nSPS) is 16.0. The number of carbonyl (C=O) groups excluding carboxylic acids is 2. The van der Waals surface area contributed by atoms with Gasteiger partial charge in [0.2, 0.25) is 0 Å². The number of imide groups is 1. The lowest BCUT2D eigenvalue weighted by atomic mass is 10.0. The number of nitrogens with zero attached hydrogens (tertiary/aromatic N) is 3. The van der Waals surface area contributed by atoms with Crippen molar-refractivity contribution >= 4 is 17.8 Å². The van der Waals surface area contributed by atoms with Gasteiger partial charge in [-0.2, -0.15) is 0 Å². The lowest BCUT2D eigenvalue weighted by molar-refractivity contribution is -0.119. The van der Waals surface area contributed by atoms with Crippen LogP contribution in [-0.4, -0.2) is 48.2 Å². The Labute approximate surface area is 173 Å². The van der Waals surface area contributed by atoms with Crippen molar-refractivity contribution in [1.29, 1.82) is 0 Å². The fourth-order valence-electron chi connectivity index (χ4n) is 3.71. The van der Waals surface area contributed by atoms with E-state index in [1.54, 1.807) is 7.05 Å². The predicted octanol–water partition coefficient (Wildman–Crippen LogP) is 6.17. The van der Waals surface area contributed by atoms with Crippen molar-refractivity contribution in [3.05, 3.63) is 0 Å². The zero-order chi connectivity index (χ0) is 20.6. The number of unbranched alkanes of at least 4 members (excludes halogenated alkanes) is 15. The second-order valence-electron chi connectivity index (χ2n) is 8.21. The van der Waals surface area contributed by atoms with Crippen LogP contribution in [0, 0.1) is 0 Å². The van der Waals surface area contributed by atoms with E-state index in [4.69, 9.17) is 0 Å². The number of amidine groups is 1. The number of carbonyl (C=O) groups is 2. The second kappa shape index (κ2) is 15.5. The van der Waals surface area contributed by atoms with E-state index in [-0.39, 0.29) is 17.8 Å². The van der Waals surface area contributed by atoms with Gasteiger partial charge in [0.05, 0.1) is 0 Å². The van der Waals surface area contributed by atoms with Gasteiger partial charge in [0.25, 0.3) is 5.91 Å². The SMILES string of the molecule is CCCCCCCCCCCCCCCCCCN=C1C(=O)N(C)C(=O)N1C. The van der Waals surface area contributed by atoms with E-state index in [1.165, 1.54) is 102 Å². The Bertz CT molecular complexity index is 476. The monoisotopic (exact) mass is 393 g/mol. The summed E-state index contributed by atoms with van der Waals surface area (Å²) >= 11 is 0. The van der Waals surface area contributed by atoms with Crippen molar-refractivity contribution in [3.8, 4) is 0 Å².